The molecule has 0 radical (unpaired) electrons. The number of aryl methyl sites for hydroxylation is 1. The van der Waals surface area contributed by atoms with Gasteiger partial charge in [-0.1, -0.05) is 16.8 Å². The van der Waals surface area contributed by atoms with Crippen LogP contribution in [-0.2, 0) is 4.74 Å². The van der Waals surface area contributed by atoms with Gasteiger partial charge in [0.25, 0.3) is 5.91 Å². The Balaban J connectivity index is 1.44. The molecule has 0 bridgehead atoms. The molecule has 1 fully saturated rings. The fraction of sp³-hybridized carbons (Fsp3) is 0.357. The molecule has 0 N–H and O–H groups in total. The molecule has 11 heteroatoms. The Morgan fingerprint density at radius 2 is 1.90 bits per heavy atom. The zero-order valence-corrected chi connectivity index (χ0v) is 23.1. The topological polar surface area (TPSA) is 106 Å². The molecular formula is C28H30ClN7O3. The molecule has 202 valence electrons. The molecule has 1 saturated heterocycles. The van der Waals surface area contributed by atoms with E-state index in [2.05, 4.69) is 20.3 Å². The number of likely N-dealkylation sites (tertiary alicyclic amines) is 1. The average Bonchev–Trinajstić information content (AvgIpc) is 3.32. The molecule has 1 aromatic carbocycles. The third-order valence-electron chi connectivity index (χ3n) is 6.38. The van der Waals surface area contributed by atoms with Crippen molar-refractivity contribution < 1.29 is 14.3 Å². The second-order valence-electron chi connectivity index (χ2n) is 10.6. The monoisotopic (exact) mass is 547 g/mol. The number of benzene rings is 1. The van der Waals surface area contributed by atoms with Crippen molar-refractivity contribution >= 4 is 40.6 Å². The van der Waals surface area contributed by atoms with Crippen LogP contribution in [0.15, 0.2) is 54.9 Å². The second-order valence-corrected chi connectivity index (χ2v) is 11.0. The Labute approximate surface area is 231 Å². The minimum absolute atomic E-state index is 0.268. The lowest BCUT2D eigenvalue weighted by Crippen LogP contribution is -2.53. The number of carbonyl (C=O) groups excluding carboxylic acids is 2. The summed E-state index contributed by atoms with van der Waals surface area (Å²) in [6, 6.07) is 12.1. The lowest BCUT2D eigenvalue weighted by atomic mass is 10.0. The van der Waals surface area contributed by atoms with Crippen LogP contribution in [-0.4, -0.2) is 66.6 Å². The maximum atomic E-state index is 14.0. The summed E-state index contributed by atoms with van der Waals surface area (Å²) in [7, 11) is 0. The molecule has 5 rings (SSSR count). The number of rotatable bonds is 4. The number of halogens is 1. The molecule has 4 aromatic rings. The van der Waals surface area contributed by atoms with Crippen molar-refractivity contribution in [3.05, 3.63) is 71.0 Å². The van der Waals surface area contributed by atoms with E-state index in [1.54, 1.807) is 63.3 Å². The Morgan fingerprint density at radius 1 is 1.13 bits per heavy atom. The van der Waals surface area contributed by atoms with Gasteiger partial charge in [0, 0.05) is 31.0 Å². The maximum Gasteiger partial charge on any atom is 0.410 e. The number of nitrogens with zero attached hydrogens (tertiary/aromatic N) is 7. The van der Waals surface area contributed by atoms with Crippen molar-refractivity contribution in [1.29, 1.82) is 0 Å². The van der Waals surface area contributed by atoms with E-state index in [1.807, 2.05) is 33.8 Å². The Kier molecular flexibility index (Phi) is 7.22. The van der Waals surface area contributed by atoms with Gasteiger partial charge in [0.1, 0.15) is 11.1 Å². The van der Waals surface area contributed by atoms with Gasteiger partial charge in [-0.15, -0.1) is 5.10 Å². The highest BCUT2D eigenvalue weighted by Crippen LogP contribution is 2.30. The number of amides is 2. The molecule has 1 aliphatic heterocycles. The molecule has 2 amide bonds. The number of hydrogen-bond donors (Lipinski definition) is 0. The molecule has 0 unspecified atom stereocenters. The van der Waals surface area contributed by atoms with E-state index >= 15 is 0 Å². The minimum atomic E-state index is -0.616. The smallest absolute Gasteiger partial charge is 0.410 e. The lowest BCUT2D eigenvalue weighted by Gasteiger charge is -2.39. The Bertz CT molecular complexity index is 1510. The first-order valence-electron chi connectivity index (χ1n) is 12.8. The van der Waals surface area contributed by atoms with Crippen molar-refractivity contribution in [2.24, 2.45) is 0 Å². The number of hydrogen-bond acceptors (Lipinski definition) is 7. The summed E-state index contributed by atoms with van der Waals surface area (Å²) in [6.45, 7) is 8.31. The van der Waals surface area contributed by atoms with E-state index < -0.39 is 11.7 Å². The van der Waals surface area contributed by atoms with E-state index in [0.29, 0.717) is 53.5 Å². The third kappa shape index (κ3) is 5.70. The SMILES string of the molecule is Cc1cnc2c(c1)nnn2-c1ccc(C(=O)N(c2ncccc2Cl)[C@@H]2CCCN(C(=O)OC(C)(C)C)C2)cc1. The molecule has 0 spiro atoms. The van der Waals surface area contributed by atoms with Crippen LogP contribution in [0.25, 0.3) is 16.9 Å². The van der Waals surface area contributed by atoms with Crippen molar-refractivity contribution in [1.82, 2.24) is 29.9 Å². The molecule has 1 aliphatic rings. The highest BCUT2D eigenvalue weighted by atomic mass is 35.5. The Hall–Kier alpha value is -4.05. The molecule has 1 atom stereocenters. The highest BCUT2D eigenvalue weighted by molar-refractivity contribution is 6.33. The predicted molar refractivity (Wildman–Crippen MR) is 148 cm³/mol. The van der Waals surface area contributed by atoms with Gasteiger partial charge in [0.15, 0.2) is 11.5 Å². The largest absolute Gasteiger partial charge is 0.444 e. The van der Waals surface area contributed by atoms with Gasteiger partial charge in [-0.3, -0.25) is 9.69 Å². The number of anilines is 1. The molecule has 3 aromatic heterocycles. The van der Waals surface area contributed by atoms with Crippen LogP contribution in [0, 0.1) is 6.92 Å². The number of fused-ring (bicyclic) bond motifs is 1. The van der Waals surface area contributed by atoms with Crippen LogP contribution < -0.4 is 4.90 Å². The van der Waals surface area contributed by atoms with E-state index in [4.69, 9.17) is 16.3 Å². The first-order chi connectivity index (χ1) is 18.6. The van der Waals surface area contributed by atoms with Gasteiger partial charge in [-0.25, -0.2) is 14.8 Å². The third-order valence-corrected chi connectivity index (χ3v) is 6.68. The van der Waals surface area contributed by atoms with E-state index in [0.717, 1.165) is 11.3 Å². The van der Waals surface area contributed by atoms with Crippen molar-refractivity contribution in [3.8, 4) is 5.69 Å². The highest BCUT2D eigenvalue weighted by Gasteiger charge is 2.35. The molecule has 0 aliphatic carbocycles. The van der Waals surface area contributed by atoms with Gasteiger partial charge >= 0.3 is 6.09 Å². The van der Waals surface area contributed by atoms with Crippen molar-refractivity contribution in [2.45, 2.75) is 52.2 Å². The minimum Gasteiger partial charge on any atom is -0.444 e. The van der Waals surface area contributed by atoms with Crippen LogP contribution in [0.2, 0.25) is 5.02 Å². The van der Waals surface area contributed by atoms with Gasteiger partial charge < -0.3 is 9.64 Å². The van der Waals surface area contributed by atoms with Crippen molar-refractivity contribution in [2.75, 3.05) is 18.0 Å². The van der Waals surface area contributed by atoms with Gasteiger partial charge in [0.2, 0.25) is 0 Å². The standard InChI is InChI=1S/C28H30ClN7O3/c1-18-15-23-25(31-16-18)36(33-32-23)20-11-9-19(10-12-20)26(37)35(24-22(29)8-5-13-30-24)21-7-6-14-34(17-21)27(38)39-28(2,3)4/h5,8-13,15-16,21H,6-7,14,17H2,1-4H3/t21-/m1/s1. The lowest BCUT2D eigenvalue weighted by molar-refractivity contribution is 0.0196. The number of ether oxygens (including phenoxy) is 1. The normalized spacial score (nSPS) is 15.8. The summed E-state index contributed by atoms with van der Waals surface area (Å²) in [4.78, 5) is 39.0. The van der Waals surface area contributed by atoms with E-state index in [-0.39, 0.29) is 11.9 Å². The number of pyridine rings is 2. The molecule has 39 heavy (non-hydrogen) atoms. The fourth-order valence-electron chi connectivity index (χ4n) is 4.62. The van der Waals surface area contributed by atoms with Crippen LogP contribution in [0.1, 0.15) is 49.5 Å². The van der Waals surface area contributed by atoms with Crippen LogP contribution in [0.3, 0.4) is 0 Å². The summed E-state index contributed by atoms with van der Waals surface area (Å²) in [5.41, 5.74) is 2.88. The van der Waals surface area contributed by atoms with Crippen LogP contribution >= 0.6 is 11.6 Å². The summed E-state index contributed by atoms with van der Waals surface area (Å²) in [5, 5.41) is 8.79. The maximum absolute atomic E-state index is 14.0. The molecule has 4 heterocycles. The number of carbonyl (C=O) groups is 2. The zero-order chi connectivity index (χ0) is 27.7. The average molecular weight is 548 g/mol. The number of aromatic nitrogens is 5. The summed E-state index contributed by atoms with van der Waals surface area (Å²) < 4.78 is 7.22. The molecule has 10 nitrogen and oxygen atoms in total. The van der Waals surface area contributed by atoms with E-state index in [9.17, 15) is 9.59 Å². The molecule has 0 saturated carbocycles. The zero-order valence-electron chi connectivity index (χ0n) is 22.3. The van der Waals surface area contributed by atoms with Crippen molar-refractivity contribution in [3.63, 3.8) is 0 Å². The fourth-order valence-corrected chi connectivity index (χ4v) is 4.84. The second kappa shape index (κ2) is 10.6. The Morgan fingerprint density at radius 3 is 2.62 bits per heavy atom. The summed E-state index contributed by atoms with van der Waals surface area (Å²) >= 11 is 6.53. The first kappa shape index (κ1) is 26.6. The summed E-state index contributed by atoms with van der Waals surface area (Å²) in [6.07, 6.45) is 4.36. The predicted octanol–water partition coefficient (Wildman–Crippen LogP) is 5.22. The quantitative estimate of drug-likeness (QED) is 0.345. The van der Waals surface area contributed by atoms with Crippen LogP contribution in [0.4, 0.5) is 10.6 Å². The van der Waals surface area contributed by atoms with Gasteiger partial charge in [-0.05, 0) is 88.6 Å². The van der Waals surface area contributed by atoms with E-state index in [1.165, 1.54) is 0 Å². The van der Waals surface area contributed by atoms with Gasteiger partial charge in [0.05, 0.1) is 16.8 Å². The van der Waals surface area contributed by atoms with Gasteiger partial charge in [-0.2, -0.15) is 4.68 Å². The molecular weight excluding hydrogens is 518 g/mol. The number of piperidine rings is 1. The summed E-state index contributed by atoms with van der Waals surface area (Å²) in [5.74, 6) is 0.0847. The van der Waals surface area contributed by atoms with Crippen LogP contribution in [0.5, 0.6) is 0 Å². The first-order valence-corrected chi connectivity index (χ1v) is 13.2.